The molecule has 0 saturated carbocycles. The molecule has 72 valence electrons. The number of benzene rings is 1. The van der Waals surface area contributed by atoms with E-state index in [-0.39, 0.29) is 5.56 Å². The Balaban J connectivity index is 3.22. The minimum atomic E-state index is -0.608. The van der Waals surface area contributed by atoms with Crippen LogP contribution in [0.4, 0.5) is 4.39 Å². The summed E-state index contributed by atoms with van der Waals surface area (Å²) in [5.41, 5.74) is 5.65. The normalized spacial score (nSPS) is 9.00. The molecule has 1 aromatic carbocycles. The summed E-state index contributed by atoms with van der Waals surface area (Å²) in [4.78, 5) is 10.9. The Morgan fingerprint density at radius 2 is 2.29 bits per heavy atom. The van der Waals surface area contributed by atoms with Gasteiger partial charge in [-0.2, -0.15) is 0 Å². The van der Waals surface area contributed by atoms with E-state index in [0.29, 0.717) is 10.9 Å². The first-order valence-electron chi connectivity index (χ1n) is 3.79. The Bertz CT molecular complexity index is 420. The van der Waals surface area contributed by atoms with E-state index < -0.39 is 11.7 Å². The van der Waals surface area contributed by atoms with Crippen LogP contribution in [0.2, 0.25) is 0 Å². The van der Waals surface area contributed by atoms with Crippen molar-refractivity contribution >= 4 is 21.8 Å². The van der Waals surface area contributed by atoms with Gasteiger partial charge in [0.15, 0.2) is 0 Å². The van der Waals surface area contributed by atoms with Gasteiger partial charge in [0.05, 0.1) is 10.9 Å². The second-order valence-corrected chi connectivity index (χ2v) is 3.05. The van der Waals surface area contributed by atoms with E-state index in [0.717, 1.165) is 0 Å². The molecule has 2 nitrogen and oxygen atoms in total. The number of carbonyl (C=O) groups is 1. The zero-order valence-corrected chi connectivity index (χ0v) is 8.77. The van der Waals surface area contributed by atoms with Crippen LogP contribution >= 0.6 is 15.9 Å². The lowest BCUT2D eigenvalue weighted by Gasteiger charge is -1.99. The molecule has 1 amide bonds. The maximum Gasteiger partial charge on any atom is 0.249 e. The van der Waals surface area contributed by atoms with Gasteiger partial charge in [-0.05, 0) is 18.2 Å². The number of primary amides is 1. The van der Waals surface area contributed by atoms with Crippen molar-refractivity contribution in [3.05, 3.63) is 35.1 Å². The smallest absolute Gasteiger partial charge is 0.249 e. The fourth-order valence-corrected chi connectivity index (χ4v) is 1.10. The standard InChI is InChI=1S/C10H7BrFNO/c11-5-1-2-7-6-8(12)3-4-9(7)10(13)14/h3-4,6H,5H2,(H2,13,14). The third-order valence-electron chi connectivity index (χ3n) is 1.54. The predicted molar refractivity (Wildman–Crippen MR) is 55.6 cm³/mol. The third kappa shape index (κ3) is 2.57. The van der Waals surface area contributed by atoms with Crippen molar-refractivity contribution in [2.45, 2.75) is 0 Å². The van der Waals surface area contributed by atoms with Gasteiger partial charge in [-0.25, -0.2) is 4.39 Å². The van der Waals surface area contributed by atoms with E-state index in [1.165, 1.54) is 18.2 Å². The summed E-state index contributed by atoms with van der Waals surface area (Å²) in [7, 11) is 0. The highest BCUT2D eigenvalue weighted by Gasteiger charge is 2.06. The second-order valence-electron chi connectivity index (χ2n) is 2.49. The van der Waals surface area contributed by atoms with Gasteiger partial charge in [0, 0.05) is 5.56 Å². The molecule has 0 saturated heterocycles. The Labute approximate surface area is 89.4 Å². The van der Waals surface area contributed by atoms with Crippen LogP contribution in [0.25, 0.3) is 0 Å². The summed E-state index contributed by atoms with van der Waals surface area (Å²) in [6.45, 7) is 0. The summed E-state index contributed by atoms with van der Waals surface area (Å²) in [6.07, 6.45) is 0. The zero-order chi connectivity index (χ0) is 10.6. The lowest BCUT2D eigenvalue weighted by molar-refractivity contribution is 0.1000. The van der Waals surface area contributed by atoms with Crippen molar-refractivity contribution in [1.29, 1.82) is 0 Å². The first-order valence-corrected chi connectivity index (χ1v) is 4.91. The van der Waals surface area contributed by atoms with Gasteiger partial charge in [-0.15, -0.1) is 0 Å². The van der Waals surface area contributed by atoms with Gasteiger partial charge in [-0.3, -0.25) is 4.79 Å². The largest absolute Gasteiger partial charge is 0.366 e. The van der Waals surface area contributed by atoms with E-state index in [1.54, 1.807) is 0 Å². The van der Waals surface area contributed by atoms with Gasteiger partial charge in [0.1, 0.15) is 5.82 Å². The van der Waals surface area contributed by atoms with Crippen molar-refractivity contribution < 1.29 is 9.18 Å². The molecule has 0 aliphatic heterocycles. The minimum absolute atomic E-state index is 0.236. The average molecular weight is 256 g/mol. The number of rotatable bonds is 1. The van der Waals surface area contributed by atoms with E-state index in [2.05, 4.69) is 27.8 Å². The van der Waals surface area contributed by atoms with Crippen LogP contribution in [0.1, 0.15) is 15.9 Å². The number of hydrogen-bond acceptors (Lipinski definition) is 1. The van der Waals surface area contributed by atoms with Gasteiger partial charge in [0.2, 0.25) is 5.91 Å². The molecule has 0 aliphatic carbocycles. The maximum atomic E-state index is 12.8. The van der Waals surface area contributed by atoms with Crippen molar-refractivity contribution in [1.82, 2.24) is 0 Å². The van der Waals surface area contributed by atoms with Crippen molar-refractivity contribution in [2.75, 3.05) is 5.33 Å². The van der Waals surface area contributed by atoms with Crippen LogP contribution < -0.4 is 5.73 Å². The molecule has 0 unspecified atom stereocenters. The molecular formula is C10H7BrFNO. The van der Waals surface area contributed by atoms with Gasteiger partial charge in [-0.1, -0.05) is 27.8 Å². The predicted octanol–water partition coefficient (Wildman–Crippen LogP) is 1.67. The zero-order valence-electron chi connectivity index (χ0n) is 7.18. The molecule has 0 spiro atoms. The second kappa shape index (κ2) is 4.77. The number of hydrogen-bond donors (Lipinski definition) is 1. The maximum absolute atomic E-state index is 12.8. The van der Waals surface area contributed by atoms with Crippen molar-refractivity contribution in [3.8, 4) is 11.8 Å². The molecular weight excluding hydrogens is 249 g/mol. The fraction of sp³-hybridized carbons (Fsp3) is 0.100. The van der Waals surface area contributed by atoms with E-state index in [9.17, 15) is 9.18 Å². The van der Waals surface area contributed by atoms with Crippen molar-refractivity contribution in [3.63, 3.8) is 0 Å². The van der Waals surface area contributed by atoms with Gasteiger partial charge in [0.25, 0.3) is 0 Å². The molecule has 0 aromatic heterocycles. The lowest BCUT2D eigenvalue weighted by Crippen LogP contribution is -2.12. The topological polar surface area (TPSA) is 43.1 Å². The number of nitrogens with two attached hydrogens (primary N) is 1. The number of alkyl halides is 1. The molecule has 0 heterocycles. The molecule has 0 atom stereocenters. The third-order valence-corrected chi connectivity index (χ3v) is 1.82. The lowest BCUT2D eigenvalue weighted by atomic mass is 10.1. The van der Waals surface area contributed by atoms with E-state index in [4.69, 9.17) is 5.73 Å². The highest BCUT2D eigenvalue weighted by Crippen LogP contribution is 2.09. The van der Waals surface area contributed by atoms with Crippen LogP contribution in [0.15, 0.2) is 18.2 Å². The minimum Gasteiger partial charge on any atom is -0.366 e. The molecule has 2 N–H and O–H groups in total. The number of halogens is 2. The first-order chi connectivity index (χ1) is 6.65. The quantitative estimate of drug-likeness (QED) is 0.602. The van der Waals surface area contributed by atoms with Gasteiger partial charge >= 0.3 is 0 Å². The molecule has 1 aromatic rings. The fourth-order valence-electron chi connectivity index (χ4n) is 0.963. The highest BCUT2D eigenvalue weighted by molar-refractivity contribution is 9.09. The summed E-state index contributed by atoms with van der Waals surface area (Å²) in [5, 5.41) is 0.460. The summed E-state index contributed by atoms with van der Waals surface area (Å²) in [6, 6.07) is 3.70. The SMILES string of the molecule is NC(=O)c1ccc(F)cc1C#CCBr. The Kier molecular flexibility index (Phi) is 3.66. The van der Waals surface area contributed by atoms with Crippen LogP contribution in [0.5, 0.6) is 0 Å². The van der Waals surface area contributed by atoms with Crippen LogP contribution in [-0.2, 0) is 0 Å². The molecule has 14 heavy (non-hydrogen) atoms. The Hall–Kier alpha value is -1.34. The first kappa shape index (κ1) is 10.7. The molecule has 0 radical (unpaired) electrons. The Morgan fingerprint density at radius 3 is 2.86 bits per heavy atom. The Morgan fingerprint density at radius 1 is 1.57 bits per heavy atom. The molecule has 1 rings (SSSR count). The molecule has 0 fully saturated rings. The van der Waals surface area contributed by atoms with E-state index in [1.807, 2.05) is 0 Å². The summed E-state index contributed by atoms with van der Waals surface area (Å²) >= 11 is 3.10. The monoisotopic (exact) mass is 255 g/mol. The average Bonchev–Trinajstić information content (AvgIpc) is 2.14. The summed E-state index contributed by atoms with van der Waals surface area (Å²) < 4.78 is 12.8. The van der Waals surface area contributed by atoms with Crippen LogP contribution in [0.3, 0.4) is 0 Å². The molecule has 0 bridgehead atoms. The van der Waals surface area contributed by atoms with Gasteiger partial charge < -0.3 is 5.73 Å². The van der Waals surface area contributed by atoms with Crippen molar-refractivity contribution in [2.24, 2.45) is 5.73 Å². The molecule has 0 aliphatic rings. The van der Waals surface area contributed by atoms with E-state index >= 15 is 0 Å². The number of amides is 1. The number of carbonyl (C=O) groups excluding carboxylic acids is 1. The summed E-state index contributed by atoms with van der Waals surface area (Å²) in [5.74, 6) is 4.28. The van der Waals surface area contributed by atoms with Crippen LogP contribution in [-0.4, -0.2) is 11.2 Å². The molecule has 4 heteroatoms. The highest BCUT2D eigenvalue weighted by atomic mass is 79.9. The van der Waals surface area contributed by atoms with Crippen LogP contribution in [0, 0.1) is 17.7 Å².